The number of fused-ring (bicyclic) bond motifs is 1. The average molecular weight is 366 g/mol. The van der Waals surface area contributed by atoms with E-state index in [-0.39, 0.29) is 5.91 Å². The third-order valence-corrected chi connectivity index (χ3v) is 4.14. The molecule has 0 aliphatic carbocycles. The van der Waals surface area contributed by atoms with Crippen molar-refractivity contribution >= 4 is 23.6 Å². The van der Waals surface area contributed by atoms with Gasteiger partial charge in [0, 0.05) is 12.2 Å². The Hall–Kier alpha value is -3.15. The van der Waals surface area contributed by atoms with Gasteiger partial charge in [0.25, 0.3) is 11.8 Å². The maximum Gasteiger partial charge on any atom is 0.414 e. The fraction of sp³-hybridized carbons (Fsp3) is 0.286. The van der Waals surface area contributed by atoms with Gasteiger partial charge in [-0.1, -0.05) is 30.3 Å². The molecule has 6 nitrogen and oxygen atoms in total. The van der Waals surface area contributed by atoms with Crippen molar-refractivity contribution in [2.75, 3.05) is 11.4 Å². The summed E-state index contributed by atoms with van der Waals surface area (Å²) in [6, 6.07) is 14.4. The Bertz CT molecular complexity index is 885. The molecule has 1 heterocycles. The molecule has 0 saturated carbocycles. The Kier molecular flexibility index (Phi) is 4.99. The van der Waals surface area contributed by atoms with Crippen molar-refractivity contribution in [1.82, 2.24) is 5.32 Å². The van der Waals surface area contributed by atoms with Crippen LogP contribution in [0.5, 0.6) is 0 Å². The van der Waals surface area contributed by atoms with Gasteiger partial charge in [0.15, 0.2) is 0 Å². The van der Waals surface area contributed by atoms with Crippen LogP contribution in [-0.4, -0.2) is 30.1 Å². The van der Waals surface area contributed by atoms with Crippen molar-refractivity contribution in [3.8, 4) is 0 Å². The first-order chi connectivity index (χ1) is 12.8. The third kappa shape index (κ3) is 4.16. The molecule has 0 atom stereocenters. The first-order valence-electron chi connectivity index (χ1n) is 8.79. The lowest BCUT2D eigenvalue weighted by atomic mass is 10.00. The number of amides is 3. The van der Waals surface area contributed by atoms with E-state index in [2.05, 4.69) is 5.32 Å². The second-order valence-electron chi connectivity index (χ2n) is 7.34. The lowest BCUT2D eigenvalue weighted by Crippen LogP contribution is -2.38. The topological polar surface area (TPSA) is 75.7 Å². The van der Waals surface area contributed by atoms with Crippen LogP contribution in [0.25, 0.3) is 0 Å². The molecule has 2 aromatic rings. The lowest BCUT2D eigenvalue weighted by Gasteiger charge is -2.27. The molecule has 27 heavy (non-hydrogen) atoms. The molecule has 2 aromatic carbocycles. The molecule has 0 radical (unpaired) electrons. The van der Waals surface area contributed by atoms with Crippen LogP contribution in [0.1, 0.15) is 47.1 Å². The summed E-state index contributed by atoms with van der Waals surface area (Å²) in [6.07, 6.45) is -0.0420. The van der Waals surface area contributed by atoms with Gasteiger partial charge >= 0.3 is 6.09 Å². The quantitative estimate of drug-likeness (QED) is 0.840. The molecule has 140 valence electrons. The van der Waals surface area contributed by atoms with Gasteiger partial charge in [0.2, 0.25) is 0 Å². The highest BCUT2D eigenvalue weighted by Crippen LogP contribution is 2.23. The number of ether oxygens (including phenoxy) is 1. The monoisotopic (exact) mass is 366 g/mol. The molecule has 3 rings (SSSR count). The van der Waals surface area contributed by atoms with Crippen LogP contribution in [0.2, 0.25) is 0 Å². The Labute approximate surface area is 158 Å². The second kappa shape index (κ2) is 7.23. The lowest BCUT2D eigenvalue weighted by molar-refractivity contribution is 0.0580. The fourth-order valence-electron chi connectivity index (χ4n) is 2.98. The van der Waals surface area contributed by atoms with Gasteiger partial charge in [-0.2, -0.15) is 0 Å². The smallest absolute Gasteiger partial charge is 0.414 e. The third-order valence-electron chi connectivity index (χ3n) is 4.14. The Balaban J connectivity index is 1.85. The highest BCUT2D eigenvalue weighted by molar-refractivity contribution is 6.22. The van der Waals surface area contributed by atoms with E-state index in [9.17, 15) is 14.4 Å². The molecule has 0 aromatic heterocycles. The molecular weight excluding hydrogens is 344 g/mol. The zero-order chi connectivity index (χ0) is 19.6. The van der Waals surface area contributed by atoms with Crippen molar-refractivity contribution in [2.24, 2.45) is 0 Å². The van der Waals surface area contributed by atoms with E-state index >= 15 is 0 Å². The number of nitrogens with one attached hydrogen (secondary N) is 1. The van der Waals surface area contributed by atoms with E-state index in [1.807, 2.05) is 51.1 Å². The number of benzene rings is 2. The minimum atomic E-state index is -0.621. The zero-order valence-electron chi connectivity index (χ0n) is 15.6. The van der Waals surface area contributed by atoms with Crippen LogP contribution in [0.4, 0.5) is 10.5 Å². The minimum Gasteiger partial charge on any atom is -0.443 e. The predicted molar refractivity (Wildman–Crippen MR) is 102 cm³/mol. The van der Waals surface area contributed by atoms with Gasteiger partial charge in [0.05, 0.1) is 11.1 Å². The van der Waals surface area contributed by atoms with Gasteiger partial charge in [-0.25, -0.2) is 4.79 Å². The van der Waals surface area contributed by atoms with Gasteiger partial charge in [0.1, 0.15) is 5.60 Å². The summed E-state index contributed by atoms with van der Waals surface area (Å²) in [5, 5.41) is 2.31. The summed E-state index contributed by atoms with van der Waals surface area (Å²) < 4.78 is 5.53. The van der Waals surface area contributed by atoms with Crippen LogP contribution in [0, 0.1) is 0 Å². The maximum absolute atomic E-state index is 12.7. The first kappa shape index (κ1) is 18.6. The number of anilines is 1. The van der Waals surface area contributed by atoms with Crippen LogP contribution >= 0.6 is 0 Å². The van der Waals surface area contributed by atoms with E-state index in [0.29, 0.717) is 29.8 Å². The highest BCUT2D eigenvalue weighted by Gasteiger charge is 2.30. The zero-order valence-corrected chi connectivity index (χ0v) is 15.6. The van der Waals surface area contributed by atoms with Crippen LogP contribution < -0.4 is 10.2 Å². The Morgan fingerprint density at radius 3 is 2.37 bits per heavy atom. The number of carbonyl (C=O) groups excluding carboxylic acids is 3. The summed E-state index contributed by atoms with van der Waals surface area (Å²) in [5.41, 5.74) is 1.57. The second-order valence-corrected chi connectivity index (χ2v) is 7.34. The van der Waals surface area contributed by atoms with Gasteiger partial charge in [-0.05, 0) is 51.0 Å². The molecule has 0 saturated heterocycles. The number of hydrogen-bond donors (Lipinski definition) is 1. The van der Waals surface area contributed by atoms with Crippen LogP contribution in [0.15, 0.2) is 48.5 Å². The molecule has 0 spiro atoms. The van der Waals surface area contributed by atoms with Crippen molar-refractivity contribution in [2.45, 2.75) is 32.8 Å². The molecule has 0 bridgehead atoms. The molecule has 6 heteroatoms. The number of carbonyl (C=O) groups is 3. The predicted octanol–water partition coefficient (Wildman–Crippen LogP) is 3.55. The molecular formula is C21H22N2O4. The average Bonchev–Trinajstić information content (AvgIpc) is 2.89. The normalized spacial score (nSPS) is 13.1. The number of imide groups is 1. The SMILES string of the molecule is CC(C)(C)OC(=O)N(CCc1cccc2c1C(=O)NC2=O)c1ccccc1. The summed E-state index contributed by atoms with van der Waals surface area (Å²) in [5.74, 6) is -0.780. The highest BCUT2D eigenvalue weighted by atomic mass is 16.6. The first-order valence-corrected chi connectivity index (χ1v) is 8.79. The fourth-order valence-corrected chi connectivity index (χ4v) is 2.98. The summed E-state index contributed by atoms with van der Waals surface area (Å²) >= 11 is 0. The van der Waals surface area contributed by atoms with E-state index in [4.69, 9.17) is 4.74 Å². The minimum absolute atomic E-state index is 0.316. The molecule has 1 N–H and O–H groups in total. The Morgan fingerprint density at radius 2 is 1.70 bits per heavy atom. The molecule has 1 aliphatic rings. The molecule has 1 aliphatic heterocycles. The Morgan fingerprint density at radius 1 is 1.00 bits per heavy atom. The van der Waals surface area contributed by atoms with Crippen LogP contribution in [0.3, 0.4) is 0 Å². The van der Waals surface area contributed by atoms with E-state index in [1.165, 1.54) is 0 Å². The van der Waals surface area contributed by atoms with E-state index < -0.39 is 17.6 Å². The van der Waals surface area contributed by atoms with Crippen molar-refractivity contribution in [3.63, 3.8) is 0 Å². The van der Waals surface area contributed by atoms with Gasteiger partial charge < -0.3 is 4.74 Å². The summed E-state index contributed by atoms with van der Waals surface area (Å²) in [6.45, 7) is 5.76. The maximum atomic E-state index is 12.7. The largest absolute Gasteiger partial charge is 0.443 e. The van der Waals surface area contributed by atoms with E-state index in [1.54, 1.807) is 23.1 Å². The van der Waals surface area contributed by atoms with Crippen molar-refractivity contribution in [3.05, 3.63) is 65.2 Å². The van der Waals surface area contributed by atoms with Gasteiger partial charge in [-0.3, -0.25) is 19.8 Å². The van der Waals surface area contributed by atoms with Crippen molar-refractivity contribution < 1.29 is 19.1 Å². The van der Waals surface area contributed by atoms with E-state index in [0.717, 1.165) is 5.56 Å². The molecule has 0 unspecified atom stereocenters. The molecule has 3 amide bonds. The number of hydrogen-bond acceptors (Lipinski definition) is 4. The summed E-state index contributed by atoms with van der Waals surface area (Å²) in [4.78, 5) is 38.2. The standard InChI is InChI=1S/C21H22N2O4/c1-21(2,3)27-20(26)23(15-9-5-4-6-10-15)13-12-14-8-7-11-16-17(14)19(25)22-18(16)24/h4-11H,12-13H2,1-3H3,(H,22,24,25). The number of para-hydroxylation sites is 1. The number of rotatable bonds is 4. The van der Waals surface area contributed by atoms with Crippen LogP contribution in [-0.2, 0) is 11.2 Å². The number of nitrogens with zero attached hydrogens (tertiary/aromatic N) is 1. The molecule has 0 fully saturated rings. The summed E-state index contributed by atoms with van der Waals surface area (Å²) in [7, 11) is 0. The van der Waals surface area contributed by atoms with Crippen molar-refractivity contribution in [1.29, 1.82) is 0 Å². The van der Waals surface area contributed by atoms with Gasteiger partial charge in [-0.15, -0.1) is 0 Å².